The third-order valence-electron chi connectivity index (χ3n) is 4.26. The molecular weight excluding hydrogens is 306 g/mol. The van der Waals surface area contributed by atoms with Gasteiger partial charge in [0.25, 0.3) is 0 Å². The molecule has 0 unspecified atom stereocenters. The number of hydrogen-bond donors (Lipinski definition) is 3. The molecule has 0 radical (unpaired) electrons. The fraction of sp³-hybridized carbons (Fsp3) is 0.556. The molecule has 0 spiro atoms. The molecule has 0 heterocycles. The lowest BCUT2D eigenvalue weighted by Crippen LogP contribution is -2.39. The summed E-state index contributed by atoms with van der Waals surface area (Å²) >= 11 is 0. The van der Waals surface area contributed by atoms with Crippen LogP contribution in [0, 0.1) is 6.92 Å². The molecule has 1 aromatic carbocycles. The molecule has 0 aliphatic heterocycles. The van der Waals surface area contributed by atoms with E-state index in [1.807, 2.05) is 19.1 Å². The third-order valence-corrected chi connectivity index (χ3v) is 4.26. The highest BCUT2D eigenvalue weighted by molar-refractivity contribution is 5.87. The largest absolute Gasteiger partial charge is 0.450 e. The number of benzene rings is 1. The minimum absolute atomic E-state index is 0.00468. The number of amides is 2. The molecule has 0 aromatic heterocycles. The van der Waals surface area contributed by atoms with E-state index >= 15 is 0 Å². The molecule has 0 bridgehead atoms. The van der Waals surface area contributed by atoms with Crippen molar-refractivity contribution in [3.8, 4) is 0 Å². The van der Waals surface area contributed by atoms with Gasteiger partial charge >= 0.3 is 6.09 Å². The van der Waals surface area contributed by atoms with Crippen molar-refractivity contribution in [2.45, 2.75) is 52.0 Å². The smallest absolute Gasteiger partial charge is 0.411 e. The summed E-state index contributed by atoms with van der Waals surface area (Å²) < 4.78 is 4.89. The first kappa shape index (κ1) is 18.1. The zero-order chi connectivity index (χ0) is 17.4. The highest BCUT2D eigenvalue weighted by atomic mass is 16.5. The number of rotatable bonds is 6. The number of carbonyl (C=O) groups excluding carboxylic acids is 2. The Morgan fingerprint density at radius 1 is 1.17 bits per heavy atom. The van der Waals surface area contributed by atoms with Gasteiger partial charge in [0.1, 0.15) is 0 Å². The van der Waals surface area contributed by atoms with Crippen molar-refractivity contribution in [1.29, 1.82) is 0 Å². The van der Waals surface area contributed by atoms with E-state index in [9.17, 15) is 9.59 Å². The second-order valence-electron chi connectivity index (χ2n) is 6.08. The van der Waals surface area contributed by atoms with Crippen molar-refractivity contribution in [2.75, 3.05) is 23.8 Å². The zero-order valence-electron chi connectivity index (χ0n) is 14.5. The maximum atomic E-state index is 12.1. The van der Waals surface area contributed by atoms with Crippen LogP contribution in [-0.2, 0) is 9.53 Å². The van der Waals surface area contributed by atoms with E-state index in [1.54, 1.807) is 13.0 Å². The van der Waals surface area contributed by atoms with Crippen molar-refractivity contribution in [1.82, 2.24) is 5.32 Å². The van der Waals surface area contributed by atoms with Gasteiger partial charge in [-0.1, -0.05) is 25.3 Å². The quantitative estimate of drug-likeness (QED) is 0.745. The lowest BCUT2D eigenvalue weighted by atomic mass is 9.95. The lowest BCUT2D eigenvalue weighted by Gasteiger charge is -2.23. The lowest BCUT2D eigenvalue weighted by molar-refractivity contribution is -0.120. The Kier molecular flexibility index (Phi) is 6.90. The predicted octanol–water partition coefficient (Wildman–Crippen LogP) is 3.42. The molecule has 24 heavy (non-hydrogen) atoms. The van der Waals surface area contributed by atoms with Crippen molar-refractivity contribution in [3.05, 3.63) is 23.8 Å². The van der Waals surface area contributed by atoms with Gasteiger partial charge in [-0.25, -0.2) is 4.79 Å². The van der Waals surface area contributed by atoms with Crippen LogP contribution in [-0.4, -0.2) is 31.2 Å². The van der Waals surface area contributed by atoms with E-state index in [1.165, 1.54) is 19.3 Å². The average Bonchev–Trinajstić information content (AvgIpc) is 2.57. The summed E-state index contributed by atoms with van der Waals surface area (Å²) in [5, 5.41) is 8.93. The first-order valence-corrected chi connectivity index (χ1v) is 8.66. The van der Waals surface area contributed by atoms with Crippen LogP contribution in [0.4, 0.5) is 16.2 Å². The Bertz CT molecular complexity index is 569. The number of nitrogens with one attached hydrogen (secondary N) is 3. The van der Waals surface area contributed by atoms with E-state index < -0.39 is 6.09 Å². The summed E-state index contributed by atoms with van der Waals surface area (Å²) in [6.45, 7) is 4.20. The standard InChI is InChI=1S/C18H27N3O3/c1-3-24-18(23)21-16-11-7-10-15(13(16)2)19-12-17(22)20-14-8-5-4-6-9-14/h7,10-11,14,19H,3-6,8-9,12H2,1-2H3,(H,20,22)(H,21,23). The minimum Gasteiger partial charge on any atom is -0.450 e. The fourth-order valence-electron chi connectivity index (χ4n) is 2.94. The monoisotopic (exact) mass is 333 g/mol. The Labute approximate surface area is 143 Å². The number of carbonyl (C=O) groups is 2. The van der Waals surface area contributed by atoms with Gasteiger partial charge in [0.15, 0.2) is 0 Å². The van der Waals surface area contributed by atoms with E-state index in [-0.39, 0.29) is 12.5 Å². The van der Waals surface area contributed by atoms with Crippen LogP contribution in [0.3, 0.4) is 0 Å². The molecule has 1 fully saturated rings. The van der Waals surface area contributed by atoms with Crippen LogP contribution in [0.2, 0.25) is 0 Å². The molecule has 0 atom stereocenters. The zero-order valence-corrected chi connectivity index (χ0v) is 14.5. The van der Waals surface area contributed by atoms with Gasteiger partial charge in [-0.2, -0.15) is 0 Å². The van der Waals surface area contributed by atoms with Gasteiger partial charge in [0.2, 0.25) is 5.91 Å². The molecule has 2 amide bonds. The first-order chi connectivity index (χ1) is 11.6. The summed E-state index contributed by atoms with van der Waals surface area (Å²) in [7, 11) is 0. The van der Waals surface area contributed by atoms with Gasteiger partial charge in [0.05, 0.1) is 13.2 Å². The molecule has 6 nitrogen and oxygen atoms in total. The second-order valence-corrected chi connectivity index (χ2v) is 6.08. The van der Waals surface area contributed by atoms with Gasteiger partial charge < -0.3 is 15.4 Å². The molecule has 2 rings (SSSR count). The molecule has 1 aliphatic rings. The molecule has 132 valence electrons. The summed E-state index contributed by atoms with van der Waals surface area (Å²) in [6, 6.07) is 5.83. The number of hydrogen-bond acceptors (Lipinski definition) is 4. The molecule has 1 aromatic rings. The molecule has 3 N–H and O–H groups in total. The Morgan fingerprint density at radius 2 is 1.88 bits per heavy atom. The summed E-state index contributed by atoms with van der Waals surface area (Å²) in [4.78, 5) is 23.6. The third kappa shape index (κ3) is 5.44. The van der Waals surface area contributed by atoms with Crippen LogP contribution < -0.4 is 16.0 Å². The van der Waals surface area contributed by atoms with Crippen molar-refractivity contribution in [3.63, 3.8) is 0 Å². The van der Waals surface area contributed by atoms with Gasteiger partial charge in [-0.3, -0.25) is 10.1 Å². The predicted molar refractivity (Wildman–Crippen MR) is 95.3 cm³/mol. The molecule has 6 heteroatoms. The maximum Gasteiger partial charge on any atom is 0.411 e. The van der Waals surface area contributed by atoms with Crippen molar-refractivity contribution < 1.29 is 14.3 Å². The Morgan fingerprint density at radius 3 is 2.58 bits per heavy atom. The van der Waals surface area contributed by atoms with E-state index in [4.69, 9.17) is 4.74 Å². The first-order valence-electron chi connectivity index (χ1n) is 8.66. The Balaban J connectivity index is 1.87. The summed E-state index contributed by atoms with van der Waals surface area (Å²) in [5.41, 5.74) is 2.37. The highest BCUT2D eigenvalue weighted by Gasteiger charge is 2.15. The fourth-order valence-corrected chi connectivity index (χ4v) is 2.94. The highest BCUT2D eigenvalue weighted by Crippen LogP contribution is 2.23. The maximum absolute atomic E-state index is 12.1. The number of ether oxygens (including phenoxy) is 1. The summed E-state index contributed by atoms with van der Waals surface area (Å²) in [5.74, 6) is 0.00468. The van der Waals surface area contributed by atoms with E-state index in [0.29, 0.717) is 18.3 Å². The minimum atomic E-state index is -0.479. The second kappa shape index (κ2) is 9.15. The van der Waals surface area contributed by atoms with Crippen LogP contribution in [0.15, 0.2) is 18.2 Å². The van der Waals surface area contributed by atoms with Crippen molar-refractivity contribution >= 4 is 23.4 Å². The van der Waals surface area contributed by atoms with Gasteiger partial charge in [-0.15, -0.1) is 0 Å². The molecule has 0 saturated heterocycles. The van der Waals surface area contributed by atoms with Crippen LogP contribution in [0.25, 0.3) is 0 Å². The van der Waals surface area contributed by atoms with E-state index in [2.05, 4.69) is 16.0 Å². The molecule has 1 saturated carbocycles. The number of anilines is 2. The van der Waals surface area contributed by atoms with Crippen LogP contribution in [0.1, 0.15) is 44.6 Å². The topological polar surface area (TPSA) is 79.5 Å². The summed E-state index contributed by atoms with van der Waals surface area (Å²) in [6.07, 6.45) is 5.32. The van der Waals surface area contributed by atoms with Crippen LogP contribution in [0.5, 0.6) is 0 Å². The van der Waals surface area contributed by atoms with Gasteiger partial charge in [0, 0.05) is 17.4 Å². The van der Waals surface area contributed by atoms with Crippen molar-refractivity contribution in [2.24, 2.45) is 0 Å². The molecular formula is C18H27N3O3. The van der Waals surface area contributed by atoms with Crippen LogP contribution >= 0.6 is 0 Å². The van der Waals surface area contributed by atoms with E-state index in [0.717, 1.165) is 24.1 Å². The average molecular weight is 333 g/mol. The Hall–Kier alpha value is -2.24. The SMILES string of the molecule is CCOC(=O)Nc1cccc(NCC(=O)NC2CCCCC2)c1C. The normalized spacial score (nSPS) is 14.8. The van der Waals surface area contributed by atoms with Gasteiger partial charge in [-0.05, 0) is 44.4 Å². The molecule has 1 aliphatic carbocycles.